The molecule has 56 valence electrons. The molecule has 0 bridgehead atoms. The fourth-order valence-corrected chi connectivity index (χ4v) is 4.48. The average molecular weight is 184 g/mol. The highest BCUT2D eigenvalue weighted by molar-refractivity contribution is 8.77. The molecule has 0 saturated carbocycles. The summed E-state index contributed by atoms with van der Waals surface area (Å²) in [5.41, 5.74) is 0. The summed E-state index contributed by atoms with van der Waals surface area (Å²) in [5.74, 6) is 0. The maximum Gasteiger partial charge on any atom is 0.0899 e. The van der Waals surface area contributed by atoms with Crippen LogP contribution >= 0.6 is 21.6 Å². The SMILES string of the molecule is CCC(SSC)S(C)=O. The molecule has 0 spiro atoms. The second-order valence-corrected chi connectivity index (χ2v) is 6.14. The molecule has 0 aliphatic rings. The molecule has 0 saturated heterocycles. The second-order valence-electron chi connectivity index (χ2n) is 1.60. The molecular formula is C5H12OS3. The van der Waals surface area contributed by atoms with Gasteiger partial charge in [-0.1, -0.05) is 28.5 Å². The lowest BCUT2D eigenvalue weighted by molar-refractivity contribution is 0.683. The van der Waals surface area contributed by atoms with Crippen LogP contribution in [0.2, 0.25) is 0 Å². The van der Waals surface area contributed by atoms with E-state index in [9.17, 15) is 4.21 Å². The Kier molecular flexibility index (Phi) is 6.15. The fraction of sp³-hybridized carbons (Fsp3) is 1.00. The van der Waals surface area contributed by atoms with Gasteiger partial charge in [0.15, 0.2) is 0 Å². The lowest BCUT2D eigenvalue weighted by Gasteiger charge is -2.07. The van der Waals surface area contributed by atoms with Crippen molar-refractivity contribution < 1.29 is 4.21 Å². The first-order chi connectivity index (χ1) is 4.22. The monoisotopic (exact) mass is 184 g/mol. The zero-order valence-corrected chi connectivity index (χ0v) is 8.37. The van der Waals surface area contributed by atoms with E-state index in [0.29, 0.717) is 4.58 Å². The van der Waals surface area contributed by atoms with Crippen LogP contribution < -0.4 is 0 Å². The summed E-state index contributed by atoms with van der Waals surface area (Å²) in [7, 11) is 2.73. The molecular weight excluding hydrogens is 172 g/mol. The summed E-state index contributed by atoms with van der Waals surface area (Å²) in [6.07, 6.45) is 4.77. The first kappa shape index (κ1) is 9.85. The molecule has 0 radical (unpaired) electrons. The van der Waals surface area contributed by atoms with E-state index < -0.39 is 10.8 Å². The van der Waals surface area contributed by atoms with E-state index in [0.717, 1.165) is 6.42 Å². The predicted molar refractivity (Wildman–Crippen MR) is 49.3 cm³/mol. The molecule has 4 heteroatoms. The lowest BCUT2D eigenvalue weighted by atomic mass is 10.6. The van der Waals surface area contributed by atoms with Crippen LogP contribution in [0, 0.1) is 0 Å². The van der Waals surface area contributed by atoms with Gasteiger partial charge < -0.3 is 0 Å². The van der Waals surface area contributed by atoms with Gasteiger partial charge in [-0.05, 0) is 12.7 Å². The molecule has 0 fully saturated rings. The standard InChI is InChI=1S/C5H12OS3/c1-4-5(8-7-2)9(3)6/h5H,4H2,1-3H3. The van der Waals surface area contributed by atoms with Crippen molar-refractivity contribution in [2.24, 2.45) is 0 Å². The number of hydrogen-bond acceptors (Lipinski definition) is 3. The van der Waals surface area contributed by atoms with E-state index in [2.05, 4.69) is 6.92 Å². The lowest BCUT2D eigenvalue weighted by Crippen LogP contribution is -2.05. The summed E-state index contributed by atoms with van der Waals surface area (Å²) in [6, 6.07) is 0. The van der Waals surface area contributed by atoms with Gasteiger partial charge in [0.2, 0.25) is 0 Å². The van der Waals surface area contributed by atoms with Crippen molar-refractivity contribution in [2.75, 3.05) is 12.5 Å². The van der Waals surface area contributed by atoms with E-state index in [1.165, 1.54) is 0 Å². The van der Waals surface area contributed by atoms with Crippen molar-refractivity contribution in [3.05, 3.63) is 0 Å². The van der Waals surface area contributed by atoms with Gasteiger partial charge >= 0.3 is 0 Å². The average Bonchev–Trinajstić information content (AvgIpc) is 1.82. The summed E-state index contributed by atoms with van der Waals surface area (Å²) >= 11 is 0. The molecule has 0 amide bonds. The zero-order valence-electron chi connectivity index (χ0n) is 5.92. The highest BCUT2D eigenvalue weighted by Crippen LogP contribution is 2.27. The minimum atomic E-state index is -0.661. The number of rotatable bonds is 4. The minimum absolute atomic E-state index is 0.319. The quantitative estimate of drug-likeness (QED) is 0.623. The summed E-state index contributed by atoms with van der Waals surface area (Å²) < 4.78 is 11.2. The van der Waals surface area contributed by atoms with E-state index in [-0.39, 0.29) is 0 Å². The molecule has 2 unspecified atom stereocenters. The normalized spacial score (nSPS) is 17.2. The summed E-state index contributed by atoms with van der Waals surface area (Å²) in [6.45, 7) is 2.06. The topological polar surface area (TPSA) is 17.1 Å². The third-order valence-corrected chi connectivity index (χ3v) is 5.46. The zero-order chi connectivity index (χ0) is 7.28. The van der Waals surface area contributed by atoms with Crippen LogP contribution in [-0.4, -0.2) is 21.3 Å². The molecule has 0 aromatic carbocycles. The van der Waals surface area contributed by atoms with Crippen LogP contribution in [0.4, 0.5) is 0 Å². The Morgan fingerprint density at radius 1 is 1.67 bits per heavy atom. The smallest absolute Gasteiger partial charge is 0.0899 e. The Morgan fingerprint density at radius 2 is 2.22 bits per heavy atom. The molecule has 0 rings (SSSR count). The molecule has 0 heterocycles. The molecule has 0 aliphatic heterocycles. The molecule has 9 heavy (non-hydrogen) atoms. The fourth-order valence-electron chi connectivity index (χ4n) is 0.465. The molecule has 1 nitrogen and oxygen atoms in total. The van der Waals surface area contributed by atoms with Crippen LogP contribution in [0.15, 0.2) is 0 Å². The van der Waals surface area contributed by atoms with E-state index in [4.69, 9.17) is 0 Å². The molecule has 0 N–H and O–H groups in total. The highest BCUT2D eigenvalue weighted by atomic mass is 33.1. The number of hydrogen-bond donors (Lipinski definition) is 0. The van der Waals surface area contributed by atoms with Gasteiger partial charge in [-0.25, -0.2) is 0 Å². The van der Waals surface area contributed by atoms with E-state index in [1.807, 2.05) is 6.26 Å². The van der Waals surface area contributed by atoms with Crippen molar-refractivity contribution in [3.63, 3.8) is 0 Å². The van der Waals surface area contributed by atoms with Crippen molar-refractivity contribution >= 4 is 32.4 Å². The first-order valence-corrected chi connectivity index (χ1v) is 6.98. The largest absolute Gasteiger partial charge is 0.259 e. The van der Waals surface area contributed by atoms with Crippen LogP contribution in [0.3, 0.4) is 0 Å². The molecule has 0 aromatic rings. The summed E-state index contributed by atoms with van der Waals surface area (Å²) in [5, 5.41) is 0. The Hall–Kier alpha value is 0.850. The van der Waals surface area contributed by atoms with E-state index >= 15 is 0 Å². The highest BCUT2D eigenvalue weighted by Gasteiger charge is 2.08. The summed E-state index contributed by atoms with van der Waals surface area (Å²) in [4.78, 5) is 0. The minimum Gasteiger partial charge on any atom is -0.259 e. The van der Waals surface area contributed by atoms with Crippen molar-refractivity contribution in [2.45, 2.75) is 17.9 Å². The molecule has 0 aromatic heterocycles. The maximum atomic E-state index is 10.8. The van der Waals surface area contributed by atoms with Crippen LogP contribution in [-0.2, 0) is 10.8 Å². The van der Waals surface area contributed by atoms with Gasteiger partial charge in [-0.15, -0.1) is 0 Å². The Balaban J connectivity index is 3.54. The third kappa shape index (κ3) is 4.28. The van der Waals surface area contributed by atoms with E-state index in [1.54, 1.807) is 27.8 Å². The van der Waals surface area contributed by atoms with Crippen molar-refractivity contribution in [1.82, 2.24) is 0 Å². The molecule has 0 aliphatic carbocycles. The maximum absolute atomic E-state index is 10.8. The Bertz CT molecular complexity index is 94.2. The van der Waals surface area contributed by atoms with Gasteiger partial charge in [-0.2, -0.15) is 0 Å². The Labute approximate surface area is 67.2 Å². The first-order valence-electron chi connectivity index (χ1n) is 2.74. The van der Waals surface area contributed by atoms with Gasteiger partial charge in [-0.3, -0.25) is 4.21 Å². The van der Waals surface area contributed by atoms with Gasteiger partial charge in [0.05, 0.1) is 4.58 Å². The van der Waals surface area contributed by atoms with Crippen LogP contribution in [0.5, 0.6) is 0 Å². The van der Waals surface area contributed by atoms with Crippen LogP contribution in [0.1, 0.15) is 13.3 Å². The van der Waals surface area contributed by atoms with Gasteiger partial charge in [0.1, 0.15) is 0 Å². The van der Waals surface area contributed by atoms with Gasteiger partial charge in [0.25, 0.3) is 0 Å². The molecule has 2 atom stereocenters. The third-order valence-electron chi connectivity index (χ3n) is 0.907. The van der Waals surface area contributed by atoms with Crippen molar-refractivity contribution in [3.8, 4) is 0 Å². The van der Waals surface area contributed by atoms with Crippen molar-refractivity contribution in [1.29, 1.82) is 0 Å². The van der Waals surface area contributed by atoms with Crippen LogP contribution in [0.25, 0.3) is 0 Å². The predicted octanol–water partition coefficient (Wildman–Crippen LogP) is 2.11. The Morgan fingerprint density at radius 3 is 2.33 bits per heavy atom. The van der Waals surface area contributed by atoms with Gasteiger partial charge in [0, 0.05) is 17.1 Å². The second kappa shape index (κ2) is 5.62.